The molecule has 144 valence electrons. The van der Waals surface area contributed by atoms with Crippen LogP contribution in [0.1, 0.15) is 5.56 Å². The van der Waals surface area contributed by atoms with E-state index in [1.54, 1.807) is 7.11 Å². The number of aryl methyl sites for hydroxylation is 1. The Morgan fingerprint density at radius 1 is 1.15 bits per heavy atom. The van der Waals surface area contributed by atoms with Gasteiger partial charge in [-0.1, -0.05) is 0 Å². The quantitative estimate of drug-likeness (QED) is 0.639. The van der Waals surface area contributed by atoms with Crippen molar-refractivity contribution in [3.05, 3.63) is 36.3 Å². The van der Waals surface area contributed by atoms with Crippen molar-refractivity contribution in [3.63, 3.8) is 0 Å². The lowest BCUT2D eigenvalue weighted by atomic mass is 10.1. The van der Waals surface area contributed by atoms with Gasteiger partial charge in [0.1, 0.15) is 6.33 Å². The number of benzene rings is 1. The molecule has 0 spiro atoms. The summed E-state index contributed by atoms with van der Waals surface area (Å²) in [6.07, 6.45) is 4.01. The molecule has 4 rings (SSSR count). The Morgan fingerprint density at radius 2 is 2.00 bits per heavy atom. The number of aromatic nitrogens is 4. The van der Waals surface area contributed by atoms with Gasteiger partial charge in [0.05, 0.1) is 26.4 Å². The summed E-state index contributed by atoms with van der Waals surface area (Å²) in [4.78, 5) is 6.93. The Kier molecular flexibility index (Phi) is 5.52. The fraction of sp³-hybridized carbons (Fsp3) is 0.500. The first-order valence-corrected chi connectivity index (χ1v) is 9.53. The normalized spacial score (nSPS) is 15.6. The van der Waals surface area contributed by atoms with Crippen LogP contribution in [0.25, 0.3) is 22.3 Å². The van der Waals surface area contributed by atoms with Crippen LogP contribution in [-0.4, -0.2) is 70.8 Å². The van der Waals surface area contributed by atoms with E-state index in [1.165, 1.54) is 16.5 Å². The zero-order valence-electron chi connectivity index (χ0n) is 16.1. The van der Waals surface area contributed by atoms with E-state index in [1.807, 2.05) is 11.0 Å². The summed E-state index contributed by atoms with van der Waals surface area (Å²) in [5.41, 5.74) is 3.54. The highest BCUT2D eigenvalue weighted by Gasteiger charge is 2.12. The first-order valence-electron chi connectivity index (χ1n) is 9.53. The molecule has 0 aliphatic carbocycles. The predicted molar refractivity (Wildman–Crippen MR) is 105 cm³/mol. The number of ether oxygens (including phenoxy) is 2. The third-order valence-corrected chi connectivity index (χ3v) is 5.16. The number of methoxy groups -OCH3 is 1. The van der Waals surface area contributed by atoms with E-state index in [0.717, 1.165) is 57.3 Å². The molecule has 0 N–H and O–H groups in total. The molecule has 1 aliphatic rings. The minimum atomic E-state index is 0.708. The summed E-state index contributed by atoms with van der Waals surface area (Å²) in [7, 11) is 1.73. The van der Waals surface area contributed by atoms with E-state index >= 15 is 0 Å². The second kappa shape index (κ2) is 8.21. The minimum absolute atomic E-state index is 0.708. The van der Waals surface area contributed by atoms with Gasteiger partial charge in [0.25, 0.3) is 0 Å². The first kappa shape index (κ1) is 18.2. The molecule has 0 radical (unpaired) electrons. The lowest BCUT2D eigenvalue weighted by Crippen LogP contribution is -2.38. The molecule has 1 fully saturated rings. The van der Waals surface area contributed by atoms with Crippen molar-refractivity contribution in [1.82, 2.24) is 24.2 Å². The molecule has 7 heteroatoms. The summed E-state index contributed by atoms with van der Waals surface area (Å²) in [6, 6.07) is 6.45. The highest BCUT2D eigenvalue weighted by Crippen LogP contribution is 2.26. The lowest BCUT2D eigenvalue weighted by Gasteiger charge is -2.26. The summed E-state index contributed by atoms with van der Waals surface area (Å²) in [6.45, 7) is 9.18. The lowest BCUT2D eigenvalue weighted by molar-refractivity contribution is 0.0359. The number of hydrogen-bond donors (Lipinski definition) is 0. The average molecular weight is 369 g/mol. The van der Waals surface area contributed by atoms with Gasteiger partial charge in [-0.3, -0.25) is 9.58 Å². The third-order valence-electron chi connectivity index (χ3n) is 5.16. The maximum Gasteiger partial charge on any atom is 0.181 e. The van der Waals surface area contributed by atoms with Gasteiger partial charge in [0.15, 0.2) is 5.82 Å². The van der Waals surface area contributed by atoms with Crippen molar-refractivity contribution in [3.8, 4) is 11.4 Å². The fourth-order valence-corrected chi connectivity index (χ4v) is 3.59. The van der Waals surface area contributed by atoms with Gasteiger partial charge in [-0.15, -0.1) is 0 Å². The van der Waals surface area contributed by atoms with Crippen LogP contribution in [-0.2, 0) is 22.6 Å². The molecule has 3 aromatic rings. The molecule has 7 nitrogen and oxygen atoms in total. The fourth-order valence-electron chi connectivity index (χ4n) is 3.59. The molecule has 1 aromatic carbocycles. The molecule has 0 unspecified atom stereocenters. The number of morpholine rings is 1. The highest BCUT2D eigenvalue weighted by molar-refractivity contribution is 5.87. The molecule has 3 heterocycles. The zero-order chi connectivity index (χ0) is 18.6. The van der Waals surface area contributed by atoms with Crippen LogP contribution >= 0.6 is 0 Å². The van der Waals surface area contributed by atoms with Crippen LogP contribution in [0.3, 0.4) is 0 Å². The smallest absolute Gasteiger partial charge is 0.181 e. The summed E-state index contributed by atoms with van der Waals surface area (Å²) >= 11 is 0. The molecule has 1 aliphatic heterocycles. The standard InChI is InChI=1S/C20H27N5O2/c1-16-14-24(9-10-26-2)19-4-3-17(13-18(16)19)20-21-15-25(22-20)6-5-23-7-11-27-12-8-23/h3-4,13-15H,5-12H2,1-2H3. The Bertz CT molecular complexity index is 895. The molecule has 0 bridgehead atoms. The minimum Gasteiger partial charge on any atom is -0.383 e. The molecule has 0 saturated carbocycles. The van der Waals surface area contributed by atoms with Crippen LogP contribution in [0.15, 0.2) is 30.7 Å². The molecule has 27 heavy (non-hydrogen) atoms. The van der Waals surface area contributed by atoms with Crippen molar-refractivity contribution >= 4 is 10.9 Å². The van der Waals surface area contributed by atoms with Crippen LogP contribution in [0.4, 0.5) is 0 Å². The number of nitrogens with zero attached hydrogens (tertiary/aromatic N) is 5. The highest BCUT2D eigenvalue weighted by atomic mass is 16.5. The molecule has 1 saturated heterocycles. The SMILES string of the molecule is COCCn1cc(C)c2cc(-c3ncn(CCN4CCOCC4)n3)ccc21. The van der Waals surface area contributed by atoms with Gasteiger partial charge >= 0.3 is 0 Å². The van der Waals surface area contributed by atoms with Crippen LogP contribution in [0.2, 0.25) is 0 Å². The topological polar surface area (TPSA) is 57.3 Å². The molecular formula is C20H27N5O2. The second-order valence-electron chi connectivity index (χ2n) is 7.02. The zero-order valence-corrected chi connectivity index (χ0v) is 16.1. The van der Waals surface area contributed by atoms with Crippen LogP contribution in [0.5, 0.6) is 0 Å². The van der Waals surface area contributed by atoms with E-state index in [-0.39, 0.29) is 0 Å². The van der Waals surface area contributed by atoms with E-state index in [4.69, 9.17) is 9.47 Å². The van der Waals surface area contributed by atoms with Crippen molar-refractivity contribution < 1.29 is 9.47 Å². The maximum absolute atomic E-state index is 5.40. The second-order valence-corrected chi connectivity index (χ2v) is 7.02. The molecular weight excluding hydrogens is 342 g/mol. The molecule has 2 aromatic heterocycles. The van der Waals surface area contributed by atoms with Crippen molar-refractivity contribution in [1.29, 1.82) is 0 Å². The number of rotatable bonds is 7. The Labute approximate surface area is 159 Å². The number of hydrogen-bond acceptors (Lipinski definition) is 5. The van der Waals surface area contributed by atoms with Crippen LogP contribution < -0.4 is 0 Å². The van der Waals surface area contributed by atoms with Gasteiger partial charge in [-0.25, -0.2) is 4.98 Å². The number of fused-ring (bicyclic) bond motifs is 1. The van der Waals surface area contributed by atoms with Gasteiger partial charge in [0, 0.05) is 56.0 Å². The Morgan fingerprint density at radius 3 is 2.81 bits per heavy atom. The van der Waals surface area contributed by atoms with Gasteiger partial charge in [-0.2, -0.15) is 5.10 Å². The first-order chi connectivity index (χ1) is 13.2. The largest absolute Gasteiger partial charge is 0.383 e. The van der Waals surface area contributed by atoms with Crippen LogP contribution in [0, 0.1) is 6.92 Å². The van der Waals surface area contributed by atoms with Crippen molar-refractivity contribution in [2.45, 2.75) is 20.0 Å². The summed E-state index contributed by atoms with van der Waals surface area (Å²) in [5, 5.41) is 5.92. The van der Waals surface area contributed by atoms with Crippen molar-refractivity contribution in [2.24, 2.45) is 0 Å². The van der Waals surface area contributed by atoms with Gasteiger partial charge in [0.2, 0.25) is 0 Å². The van der Waals surface area contributed by atoms with E-state index in [9.17, 15) is 0 Å². The summed E-state index contributed by atoms with van der Waals surface area (Å²) in [5.74, 6) is 0.780. The van der Waals surface area contributed by atoms with Crippen molar-refractivity contribution in [2.75, 3.05) is 46.6 Å². The summed E-state index contributed by atoms with van der Waals surface area (Å²) < 4.78 is 14.8. The van der Waals surface area contributed by atoms with Gasteiger partial charge in [-0.05, 0) is 30.7 Å². The van der Waals surface area contributed by atoms with E-state index in [2.05, 4.69) is 50.9 Å². The average Bonchev–Trinajstić information content (AvgIpc) is 3.30. The third kappa shape index (κ3) is 4.05. The predicted octanol–water partition coefficient (Wildman–Crippen LogP) is 2.19. The van der Waals surface area contributed by atoms with E-state index < -0.39 is 0 Å². The molecule has 0 atom stereocenters. The maximum atomic E-state index is 5.40. The molecule has 0 amide bonds. The monoisotopic (exact) mass is 369 g/mol. The van der Waals surface area contributed by atoms with Gasteiger partial charge < -0.3 is 14.0 Å². The van der Waals surface area contributed by atoms with E-state index in [0.29, 0.717) is 6.61 Å². The Balaban J connectivity index is 1.49. The Hall–Kier alpha value is -2.22.